The summed E-state index contributed by atoms with van der Waals surface area (Å²) in [5.74, 6) is 0.482. The molecule has 0 aliphatic carbocycles. The van der Waals surface area contributed by atoms with E-state index in [1.54, 1.807) is 17.9 Å². The predicted octanol–water partition coefficient (Wildman–Crippen LogP) is 0.291. The number of nitrogens with two attached hydrogens (primary N) is 1. The topological polar surface area (TPSA) is 43.8 Å². The highest BCUT2D eigenvalue weighted by Gasteiger charge is 1.94. The molecule has 0 amide bonds. The fourth-order valence-corrected chi connectivity index (χ4v) is 0.705. The quantitative estimate of drug-likeness (QED) is 0.494. The normalized spacial score (nSPS) is 9.75. The van der Waals surface area contributed by atoms with E-state index in [-0.39, 0.29) is 0 Å². The van der Waals surface area contributed by atoms with Gasteiger partial charge in [0.1, 0.15) is 0 Å². The van der Waals surface area contributed by atoms with Gasteiger partial charge in [0.15, 0.2) is 5.82 Å². The summed E-state index contributed by atoms with van der Waals surface area (Å²) in [6.45, 7) is 0. The maximum atomic E-state index is 5.33. The van der Waals surface area contributed by atoms with E-state index in [9.17, 15) is 0 Å². The number of thiol groups is 1. The van der Waals surface area contributed by atoms with E-state index in [0.717, 1.165) is 4.90 Å². The Bertz CT molecular complexity index is 174. The van der Waals surface area contributed by atoms with Gasteiger partial charge in [0, 0.05) is 13.2 Å². The van der Waals surface area contributed by atoms with Gasteiger partial charge < -0.3 is 5.73 Å². The lowest BCUT2D eigenvalue weighted by atomic mass is 10.7. The number of hydrogen-bond donors (Lipinski definition) is 2. The molecule has 0 fully saturated rings. The van der Waals surface area contributed by atoms with E-state index in [1.807, 2.05) is 0 Å². The average molecular weight is 129 g/mol. The minimum absolute atomic E-state index is 0.482. The monoisotopic (exact) mass is 129 g/mol. The summed E-state index contributed by atoms with van der Waals surface area (Å²) in [4.78, 5) is 0.729. The smallest absolute Gasteiger partial charge is 0.158 e. The summed E-state index contributed by atoms with van der Waals surface area (Å²) >= 11 is 4.01. The number of nitrogen functional groups attached to an aromatic ring is 1. The summed E-state index contributed by atoms with van der Waals surface area (Å²) in [5.41, 5.74) is 5.33. The standard InChI is InChI=1S/C4H7N3S/c1-7-2-3(8)4(5)6-7/h2,8H,1H3,(H2,5,6). The minimum Gasteiger partial charge on any atom is -0.381 e. The molecule has 1 rings (SSSR count). The van der Waals surface area contributed by atoms with Gasteiger partial charge >= 0.3 is 0 Å². The van der Waals surface area contributed by atoms with Crippen LogP contribution >= 0.6 is 12.6 Å². The molecule has 8 heavy (non-hydrogen) atoms. The first kappa shape index (κ1) is 5.50. The summed E-state index contributed by atoms with van der Waals surface area (Å²) in [5, 5.41) is 3.83. The third kappa shape index (κ3) is 0.790. The summed E-state index contributed by atoms with van der Waals surface area (Å²) in [7, 11) is 1.80. The molecular formula is C4H7N3S. The van der Waals surface area contributed by atoms with Crippen molar-refractivity contribution in [1.82, 2.24) is 9.78 Å². The van der Waals surface area contributed by atoms with E-state index >= 15 is 0 Å². The van der Waals surface area contributed by atoms with Crippen LogP contribution in [0.15, 0.2) is 11.1 Å². The fraction of sp³-hybridized carbons (Fsp3) is 0.250. The summed E-state index contributed by atoms with van der Waals surface area (Å²) in [6, 6.07) is 0. The van der Waals surface area contributed by atoms with Crippen molar-refractivity contribution in [3.05, 3.63) is 6.20 Å². The zero-order chi connectivity index (χ0) is 6.15. The molecule has 0 radical (unpaired) electrons. The van der Waals surface area contributed by atoms with Crippen molar-refractivity contribution >= 4 is 18.4 Å². The molecule has 1 heterocycles. The maximum Gasteiger partial charge on any atom is 0.158 e. The van der Waals surface area contributed by atoms with Crippen molar-refractivity contribution in [2.24, 2.45) is 7.05 Å². The SMILES string of the molecule is Cn1cc(S)c(N)n1. The van der Waals surface area contributed by atoms with Crippen LogP contribution in [0.3, 0.4) is 0 Å². The number of nitrogens with zero attached hydrogens (tertiary/aromatic N) is 2. The van der Waals surface area contributed by atoms with Gasteiger partial charge in [0.2, 0.25) is 0 Å². The Morgan fingerprint density at radius 1 is 1.88 bits per heavy atom. The molecule has 1 aromatic rings. The Balaban J connectivity index is 3.14. The van der Waals surface area contributed by atoms with E-state index in [2.05, 4.69) is 17.7 Å². The Morgan fingerprint density at radius 2 is 2.50 bits per heavy atom. The molecule has 0 bridgehead atoms. The van der Waals surface area contributed by atoms with Gasteiger partial charge in [0.25, 0.3) is 0 Å². The van der Waals surface area contributed by atoms with Crippen LogP contribution < -0.4 is 5.73 Å². The number of aryl methyl sites for hydroxylation is 1. The van der Waals surface area contributed by atoms with Crippen LogP contribution in [-0.2, 0) is 7.05 Å². The van der Waals surface area contributed by atoms with Crippen molar-refractivity contribution in [2.75, 3.05) is 5.73 Å². The van der Waals surface area contributed by atoms with E-state index in [4.69, 9.17) is 5.73 Å². The molecule has 2 N–H and O–H groups in total. The van der Waals surface area contributed by atoms with Gasteiger partial charge in [-0.3, -0.25) is 4.68 Å². The number of anilines is 1. The van der Waals surface area contributed by atoms with Gasteiger partial charge in [-0.05, 0) is 0 Å². The van der Waals surface area contributed by atoms with E-state index in [0.29, 0.717) is 5.82 Å². The lowest BCUT2D eigenvalue weighted by Crippen LogP contribution is -1.90. The second-order valence-electron chi connectivity index (χ2n) is 1.57. The fourth-order valence-electron chi connectivity index (χ4n) is 0.493. The van der Waals surface area contributed by atoms with Crippen LogP contribution in [0.25, 0.3) is 0 Å². The van der Waals surface area contributed by atoms with Gasteiger partial charge in [-0.15, -0.1) is 12.6 Å². The van der Waals surface area contributed by atoms with Crippen molar-refractivity contribution in [2.45, 2.75) is 4.90 Å². The third-order valence-corrected chi connectivity index (χ3v) is 1.18. The van der Waals surface area contributed by atoms with Crippen molar-refractivity contribution in [3.63, 3.8) is 0 Å². The first-order chi connectivity index (χ1) is 3.70. The molecule has 0 aromatic carbocycles. The first-order valence-corrected chi connectivity index (χ1v) is 2.63. The number of aromatic nitrogens is 2. The van der Waals surface area contributed by atoms with Gasteiger partial charge in [-0.2, -0.15) is 5.10 Å². The molecule has 0 aliphatic rings. The Labute approximate surface area is 52.9 Å². The lowest BCUT2D eigenvalue weighted by Gasteiger charge is -1.79. The second kappa shape index (κ2) is 1.70. The van der Waals surface area contributed by atoms with Crippen LogP contribution in [0.5, 0.6) is 0 Å². The number of rotatable bonds is 0. The van der Waals surface area contributed by atoms with E-state index < -0.39 is 0 Å². The van der Waals surface area contributed by atoms with Crippen LogP contribution in [0.4, 0.5) is 5.82 Å². The molecule has 0 atom stereocenters. The van der Waals surface area contributed by atoms with Crippen LogP contribution in [0.2, 0.25) is 0 Å². The van der Waals surface area contributed by atoms with Crippen LogP contribution in [0.1, 0.15) is 0 Å². The molecule has 44 valence electrons. The largest absolute Gasteiger partial charge is 0.381 e. The second-order valence-corrected chi connectivity index (χ2v) is 2.06. The highest BCUT2D eigenvalue weighted by molar-refractivity contribution is 7.80. The summed E-state index contributed by atoms with van der Waals surface area (Å²) in [6.07, 6.45) is 1.75. The third-order valence-electron chi connectivity index (χ3n) is 0.837. The molecule has 0 saturated carbocycles. The van der Waals surface area contributed by atoms with Gasteiger partial charge in [-0.25, -0.2) is 0 Å². The number of hydrogen-bond acceptors (Lipinski definition) is 3. The predicted molar refractivity (Wildman–Crippen MR) is 34.9 cm³/mol. The molecule has 0 spiro atoms. The molecule has 4 heteroatoms. The molecule has 0 unspecified atom stereocenters. The lowest BCUT2D eigenvalue weighted by molar-refractivity contribution is 0.770. The molecular weight excluding hydrogens is 122 g/mol. The van der Waals surface area contributed by atoms with Crippen molar-refractivity contribution < 1.29 is 0 Å². The van der Waals surface area contributed by atoms with E-state index in [1.165, 1.54) is 0 Å². The van der Waals surface area contributed by atoms with Gasteiger partial charge in [-0.1, -0.05) is 0 Å². The molecule has 0 aliphatic heterocycles. The average Bonchev–Trinajstić information content (AvgIpc) is 1.85. The highest BCUT2D eigenvalue weighted by Crippen LogP contribution is 2.10. The Hall–Kier alpha value is -0.640. The Kier molecular flexibility index (Phi) is 1.17. The van der Waals surface area contributed by atoms with Crippen molar-refractivity contribution in [3.8, 4) is 0 Å². The first-order valence-electron chi connectivity index (χ1n) is 2.18. The maximum absolute atomic E-state index is 5.33. The molecule has 0 saturated heterocycles. The summed E-state index contributed by atoms with van der Waals surface area (Å²) < 4.78 is 1.62. The van der Waals surface area contributed by atoms with Crippen LogP contribution in [-0.4, -0.2) is 9.78 Å². The molecule has 1 aromatic heterocycles. The zero-order valence-electron chi connectivity index (χ0n) is 4.50. The Morgan fingerprint density at radius 3 is 2.62 bits per heavy atom. The highest BCUT2D eigenvalue weighted by atomic mass is 32.1. The molecule has 3 nitrogen and oxygen atoms in total. The zero-order valence-corrected chi connectivity index (χ0v) is 5.39. The van der Waals surface area contributed by atoms with Crippen molar-refractivity contribution in [1.29, 1.82) is 0 Å². The minimum atomic E-state index is 0.482. The van der Waals surface area contributed by atoms with Gasteiger partial charge in [0.05, 0.1) is 4.90 Å². The van der Waals surface area contributed by atoms with Crippen LogP contribution in [0, 0.1) is 0 Å².